The smallest absolute Gasteiger partial charge is 0.221 e. The topological polar surface area (TPSA) is 41.1 Å². The summed E-state index contributed by atoms with van der Waals surface area (Å²) >= 11 is 0. The van der Waals surface area contributed by atoms with Gasteiger partial charge in [-0.15, -0.1) is 0 Å². The van der Waals surface area contributed by atoms with Gasteiger partial charge in [0, 0.05) is 25.6 Å². The van der Waals surface area contributed by atoms with Crippen LogP contribution in [0.5, 0.6) is 0 Å². The van der Waals surface area contributed by atoms with E-state index in [1.807, 2.05) is 0 Å². The molecule has 94 valence electrons. The van der Waals surface area contributed by atoms with Crippen LogP contribution in [0.4, 0.5) is 0 Å². The van der Waals surface area contributed by atoms with E-state index in [4.69, 9.17) is 0 Å². The molecule has 1 atom stereocenters. The van der Waals surface area contributed by atoms with Crippen molar-refractivity contribution >= 4 is 5.91 Å². The maximum absolute atomic E-state index is 11.4. The minimum absolute atomic E-state index is 0.167. The van der Waals surface area contributed by atoms with Crippen LogP contribution in [0.2, 0.25) is 0 Å². The second kappa shape index (κ2) is 6.89. The number of hydrogen-bond donors (Lipinski definition) is 2. The molecule has 3 heteroatoms. The first-order chi connectivity index (χ1) is 7.58. The normalized spacial score (nSPS) is 17.5. The van der Waals surface area contributed by atoms with Crippen molar-refractivity contribution < 1.29 is 4.79 Å². The molecule has 0 spiro atoms. The first kappa shape index (κ1) is 13.5. The Kier molecular flexibility index (Phi) is 5.81. The van der Waals surface area contributed by atoms with Crippen molar-refractivity contribution in [2.75, 3.05) is 13.1 Å². The lowest BCUT2D eigenvalue weighted by atomic mass is 10.1. The summed E-state index contributed by atoms with van der Waals surface area (Å²) in [4.78, 5) is 11.4. The van der Waals surface area contributed by atoms with Crippen molar-refractivity contribution in [1.82, 2.24) is 10.6 Å². The largest absolute Gasteiger partial charge is 0.356 e. The highest BCUT2D eigenvalue weighted by molar-refractivity contribution is 5.76. The third-order valence-corrected chi connectivity index (χ3v) is 2.94. The average Bonchev–Trinajstić information content (AvgIpc) is 2.98. The second-order valence-corrected chi connectivity index (χ2v) is 5.48. The first-order valence-corrected chi connectivity index (χ1v) is 6.58. The minimum atomic E-state index is 0.167. The van der Waals surface area contributed by atoms with Crippen molar-refractivity contribution in [3.05, 3.63) is 0 Å². The zero-order valence-electron chi connectivity index (χ0n) is 10.9. The molecule has 0 aromatic carbocycles. The molecule has 0 aromatic heterocycles. The molecular formula is C13H26N2O. The Bertz CT molecular complexity index is 212. The van der Waals surface area contributed by atoms with Crippen molar-refractivity contribution in [3.8, 4) is 0 Å². The van der Waals surface area contributed by atoms with Crippen LogP contribution >= 0.6 is 0 Å². The van der Waals surface area contributed by atoms with Gasteiger partial charge < -0.3 is 10.6 Å². The van der Waals surface area contributed by atoms with Gasteiger partial charge in [0.1, 0.15) is 0 Å². The summed E-state index contributed by atoms with van der Waals surface area (Å²) in [5.74, 6) is 1.66. The van der Waals surface area contributed by atoms with E-state index in [1.165, 1.54) is 19.3 Å². The average molecular weight is 226 g/mol. The highest BCUT2D eigenvalue weighted by Crippen LogP contribution is 2.33. The Hall–Kier alpha value is -0.570. The van der Waals surface area contributed by atoms with E-state index in [0.29, 0.717) is 18.4 Å². The van der Waals surface area contributed by atoms with E-state index in [2.05, 4.69) is 31.4 Å². The monoisotopic (exact) mass is 226 g/mol. The lowest BCUT2D eigenvalue weighted by Gasteiger charge is -2.13. The van der Waals surface area contributed by atoms with Gasteiger partial charge in [0.2, 0.25) is 5.91 Å². The van der Waals surface area contributed by atoms with Gasteiger partial charge in [0.25, 0.3) is 0 Å². The molecule has 1 fully saturated rings. The van der Waals surface area contributed by atoms with E-state index in [0.717, 1.165) is 19.0 Å². The van der Waals surface area contributed by atoms with Gasteiger partial charge in [-0.1, -0.05) is 26.7 Å². The lowest BCUT2D eigenvalue weighted by Crippen LogP contribution is -2.33. The fraction of sp³-hybridized carbons (Fsp3) is 0.923. The molecule has 0 saturated heterocycles. The van der Waals surface area contributed by atoms with Gasteiger partial charge >= 0.3 is 0 Å². The van der Waals surface area contributed by atoms with Crippen molar-refractivity contribution in [1.29, 1.82) is 0 Å². The zero-order chi connectivity index (χ0) is 12.0. The van der Waals surface area contributed by atoms with Crippen LogP contribution in [0, 0.1) is 11.8 Å². The molecule has 1 aliphatic rings. The highest BCUT2D eigenvalue weighted by Gasteiger charge is 2.23. The predicted molar refractivity (Wildman–Crippen MR) is 67.3 cm³/mol. The summed E-state index contributed by atoms with van der Waals surface area (Å²) in [5, 5.41) is 6.34. The van der Waals surface area contributed by atoms with E-state index >= 15 is 0 Å². The third kappa shape index (κ3) is 6.83. The summed E-state index contributed by atoms with van der Waals surface area (Å²) in [6, 6.07) is 0.561. The number of amides is 1. The molecule has 1 amide bonds. The molecule has 2 N–H and O–H groups in total. The molecule has 16 heavy (non-hydrogen) atoms. The number of carbonyl (C=O) groups excluding carboxylic acids is 1. The summed E-state index contributed by atoms with van der Waals surface area (Å²) < 4.78 is 0. The van der Waals surface area contributed by atoms with Gasteiger partial charge in [0.15, 0.2) is 0 Å². The molecule has 0 bridgehead atoms. The number of hydrogen-bond acceptors (Lipinski definition) is 2. The van der Waals surface area contributed by atoms with E-state index in [9.17, 15) is 4.79 Å². The standard InChI is InChI=1S/C13H26N2O/c1-10(2)9-15-13(16)6-7-14-11(3)8-12-4-5-12/h10-12,14H,4-9H2,1-3H3,(H,15,16). The Morgan fingerprint density at radius 3 is 2.56 bits per heavy atom. The van der Waals surface area contributed by atoms with Crippen LogP contribution in [0.15, 0.2) is 0 Å². The van der Waals surface area contributed by atoms with Gasteiger partial charge in [-0.3, -0.25) is 4.79 Å². The Balaban J connectivity index is 1.94. The maximum atomic E-state index is 11.4. The van der Waals surface area contributed by atoms with Crippen LogP contribution in [0.25, 0.3) is 0 Å². The van der Waals surface area contributed by atoms with Crippen molar-refractivity contribution in [2.24, 2.45) is 11.8 Å². The lowest BCUT2D eigenvalue weighted by molar-refractivity contribution is -0.121. The maximum Gasteiger partial charge on any atom is 0.221 e. The van der Waals surface area contributed by atoms with E-state index < -0.39 is 0 Å². The SMILES string of the molecule is CC(C)CNC(=O)CCNC(C)CC1CC1. The summed E-state index contributed by atoms with van der Waals surface area (Å²) in [6.45, 7) is 8.02. The highest BCUT2D eigenvalue weighted by atomic mass is 16.1. The molecular weight excluding hydrogens is 200 g/mol. The third-order valence-electron chi connectivity index (χ3n) is 2.94. The van der Waals surface area contributed by atoms with Gasteiger partial charge in [-0.05, 0) is 25.2 Å². The minimum Gasteiger partial charge on any atom is -0.356 e. The first-order valence-electron chi connectivity index (χ1n) is 6.58. The molecule has 1 aliphatic carbocycles. The van der Waals surface area contributed by atoms with Crippen molar-refractivity contribution in [3.63, 3.8) is 0 Å². The summed E-state index contributed by atoms with van der Waals surface area (Å²) in [6.07, 6.45) is 4.68. The number of nitrogens with one attached hydrogen (secondary N) is 2. The Morgan fingerprint density at radius 1 is 1.31 bits per heavy atom. The molecule has 0 radical (unpaired) electrons. The molecule has 1 unspecified atom stereocenters. The quantitative estimate of drug-likeness (QED) is 0.664. The zero-order valence-corrected chi connectivity index (χ0v) is 10.9. The van der Waals surface area contributed by atoms with Crippen LogP contribution in [0.3, 0.4) is 0 Å². The predicted octanol–water partition coefficient (Wildman–Crippen LogP) is 1.93. The molecule has 0 aromatic rings. The number of carbonyl (C=O) groups is 1. The summed E-state index contributed by atoms with van der Waals surface area (Å²) in [5.41, 5.74) is 0. The van der Waals surface area contributed by atoms with E-state index in [1.54, 1.807) is 0 Å². The van der Waals surface area contributed by atoms with Crippen LogP contribution < -0.4 is 10.6 Å². The molecule has 0 heterocycles. The molecule has 0 aliphatic heterocycles. The van der Waals surface area contributed by atoms with Crippen LogP contribution in [0.1, 0.15) is 46.5 Å². The molecule has 1 saturated carbocycles. The van der Waals surface area contributed by atoms with E-state index in [-0.39, 0.29) is 5.91 Å². The number of rotatable bonds is 8. The van der Waals surface area contributed by atoms with Crippen LogP contribution in [-0.4, -0.2) is 25.0 Å². The van der Waals surface area contributed by atoms with Crippen molar-refractivity contribution in [2.45, 2.75) is 52.5 Å². The van der Waals surface area contributed by atoms with Gasteiger partial charge in [0.05, 0.1) is 0 Å². The molecule has 3 nitrogen and oxygen atoms in total. The second-order valence-electron chi connectivity index (χ2n) is 5.48. The van der Waals surface area contributed by atoms with Crippen LogP contribution in [-0.2, 0) is 4.79 Å². The van der Waals surface area contributed by atoms with Gasteiger partial charge in [-0.2, -0.15) is 0 Å². The fourth-order valence-corrected chi connectivity index (χ4v) is 1.78. The molecule has 1 rings (SSSR count). The fourth-order valence-electron chi connectivity index (χ4n) is 1.78. The van der Waals surface area contributed by atoms with Gasteiger partial charge in [-0.25, -0.2) is 0 Å². The summed E-state index contributed by atoms with van der Waals surface area (Å²) in [7, 11) is 0. The Labute approximate surface area is 99.4 Å². The Morgan fingerprint density at radius 2 is 2.00 bits per heavy atom.